The van der Waals surface area contributed by atoms with Crippen molar-refractivity contribution in [3.63, 3.8) is 0 Å². The number of nitrogens with one attached hydrogen (secondary N) is 1. The number of carbonyl (C=O) groups is 1. The normalized spacial score (nSPS) is 20.5. The van der Waals surface area contributed by atoms with Crippen LogP contribution in [-0.4, -0.2) is 80.3 Å². The molecule has 0 spiro atoms. The Kier molecular flexibility index (Phi) is 7.82. The van der Waals surface area contributed by atoms with E-state index in [0.29, 0.717) is 33.5 Å². The summed E-state index contributed by atoms with van der Waals surface area (Å²) in [6.45, 7) is 7.92. The van der Waals surface area contributed by atoms with E-state index in [2.05, 4.69) is 20.9 Å². The molecule has 7 rings (SSSR count). The summed E-state index contributed by atoms with van der Waals surface area (Å²) in [6.07, 6.45) is 3.97. The molecule has 4 heterocycles. The van der Waals surface area contributed by atoms with E-state index < -0.39 is 11.8 Å². The zero-order chi connectivity index (χ0) is 26.6. The summed E-state index contributed by atoms with van der Waals surface area (Å²) in [4.78, 5) is 23.1. The van der Waals surface area contributed by atoms with Gasteiger partial charge < -0.3 is 19.4 Å². The van der Waals surface area contributed by atoms with Crippen molar-refractivity contribution in [3.05, 3.63) is 53.3 Å². The molecule has 3 aliphatic heterocycles. The third kappa shape index (κ3) is 5.19. The Hall–Kier alpha value is -3.61. The molecule has 1 saturated carbocycles. The first-order chi connectivity index (χ1) is 18.5. The summed E-state index contributed by atoms with van der Waals surface area (Å²) >= 11 is 0. The molecule has 0 radical (unpaired) electrons. The maximum absolute atomic E-state index is 14.6. The summed E-state index contributed by atoms with van der Waals surface area (Å²) in [5.74, 6) is -0.254. The van der Waals surface area contributed by atoms with Gasteiger partial charge in [-0.2, -0.15) is 5.26 Å². The first kappa shape index (κ1) is 26.0. The molecular formula is C29H34FN5O3. The molecule has 1 aliphatic carbocycles. The molecule has 1 N–H and O–H groups in total. The van der Waals surface area contributed by atoms with Gasteiger partial charge in [-0.3, -0.25) is 9.80 Å². The van der Waals surface area contributed by atoms with Crippen LogP contribution in [0.15, 0.2) is 36.4 Å². The lowest BCUT2D eigenvalue weighted by molar-refractivity contribution is 0.0604. The first-order valence-corrected chi connectivity index (χ1v) is 13.2. The molecule has 2 aromatic carbocycles. The van der Waals surface area contributed by atoms with Gasteiger partial charge in [0.15, 0.2) is 11.6 Å². The van der Waals surface area contributed by atoms with Crippen LogP contribution in [0.1, 0.15) is 41.6 Å². The number of aromatic nitrogens is 1. The predicted octanol–water partition coefficient (Wildman–Crippen LogP) is 4.67. The Morgan fingerprint density at radius 3 is 2.21 bits per heavy atom. The highest BCUT2D eigenvalue weighted by Crippen LogP contribution is 2.40. The van der Waals surface area contributed by atoms with Crippen LogP contribution in [0.3, 0.4) is 0 Å². The number of hydrogen-bond acceptors (Lipinski definition) is 7. The van der Waals surface area contributed by atoms with Gasteiger partial charge in [0.1, 0.15) is 11.4 Å². The van der Waals surface area contributed by atoms with Gasteiger partial charge in [-0.1, -0.05) is 18.9 Å². The second-order valence-corrected chi connectivity index (χ2v) is 10.0. The predicted molar refractivity (Wildman–Crippen MR) is 145 cm³/mol. The fourth-order valence-corrected chi connectivity index (χ4v) is 5.75. The number of benzene rings is 2. The van der Waals surface area contributed by atoms with E-state index in [0.717, 1.165) is 25.7 Å². The number of H-pyrrole nitrogens is 1. The number of esters is 1. The van der Waals surface area contributed by atoms with Crippen LogP contribution >= 0.6 is 0 Å². The van der Waals surface area contributed by atoms with Gasteiger partial charge in [0.2, 0.25) is 0 Å². The number of rotatable bonds is 5. The summed E-state index contributed by atoms with van der Waals surface area (Å²) in [6, 6.07) is 12.1. The Morgan fingerprint density at radius 1 is 1.03 bits per heavy atom. The van der Waals surface area contributed by atoms with Gasteiger partial charge in [0, 0.05) is 68.0 Å². The molecule has 38 heavy (non-hydrogen) atoms. The number of fused-ring (bicyclic) bond motifs is 4. The maximum Gasteiger partial charge on any atom is 0.342 e. The Morgan fingerprint density at radius 2 is 1.68 bits per heavy atom. The van der Waals surface area contributed by atoms with Crippen LogP contribution in [0.2, 0.25) is 0 Å². The standard InChI is InChI=1S/C23H22FN3O3.C6H12N2/c1-29-20-10-8-16(12-18(20)24)27(15-5-3-4-6-15)22-21(23(28)30-2)17-9-7-14(13-25)11-19(17)26-22;1-2-8-5-3-7(1)4-6-8/h7-12,15,26H,3-6H2,1-2H3;1-6H2. The first-order valence-electron chi connectivity index (χ1n) is 13.2. The molecular weight excluding hydrogens is 485 g/mol. The van der Waals surface area contributed by atoms with E-state index in [1.54, 1.807) is 30.3 Å². The van der Waals surface area contributed by atoms with E-state index in [1.165, 1.54) is 59.6 Å². The number of nitrogens with zero attached hydrogens (tertiary/aromatic N) is 4. The highest BCUT2D eigenvalue weighted by molar-refractivity contribution is 6.10. The molecule has 3 aromatic rings. The number of anilines is 2. The third-order valence-corrected chi connectivity index (χ3v) is 7.84. The number of piperazine rings is 3. The van der Waals surface area contributed by atoms with E-state index in [4.69, 9.17) is 9.47 Å². The molecule has 4 fully saturated rings. The van der Waals surface area contributed by atoms with Crippen LogP contribution in [0.25, 0.3) is 10.9 Å². The van der Waals surface area contributed by atoms with E-state index in [-0.39, 0.29) is 11.8 Å². The number of aromatic amines is 1. The molecule has 200 valence electrons. The fourth-order valence-electron chi connectivity index (χ4n) is 5.75. The minimum Gasteiger partial charge on any atom is -0.494 e. The number of nitriles is 1. The lowest BCUT2D eigenvalue weighted by Crippen LogP contribution is -2.55. The second-order valence-electron chi connectivity index (χ2n) is 10.0. The lowest BCUT2D eigenvalue weighted by atomic mass is 10.1. The molecule has 4 aliphatic rings. The topological polar surface area (TPSA) is 84.8 Å². The van der Waals surface area contributed by atoms with E-state index in [9.17, 15) is 14.4 Å². The van der Waals surface area contributed by atoms with Gasteiger partial charge >= 0.3 is 5.97 Å². The van der Waals surface area contributed by atoms with Crippen molar-refractivity contribution in [3.8, 4) is 11.8 Å². The van der Waals surface area contributed by atoms with Crippen LogP contribution < -0.4 is 9.64 Å². The molecule has 8 nitrogen and oxygen atoms in total. The highest BCUT2D eigenvalue weighted by atomic mass is 19.1. The van der Waals surface area contributed by atoms with Crippen molar-refractivity contribution in [1.29, 1.82) is 5.26 Å². The van der Waals surface area contributed by atoms with E-state index in [1.807, 2.05) is 4.90 Å². The maximum atomic E-state index is 14.6. The molecule has 1 aromatic heterocycles. The minimum atomic E-state index is -0.488. The van der Waals surface area contributed by atoms with Gasteiger partial charge in [-0.25, -0.2) is 9.18 Å². The fraction of sp³-hybridized carbons (Fsp3) is 0.448. The van der Waals surface area contributed by atoms with Crippen molar-refractivity contribution >= 4 is 28.4 Å². The summed E-state index contributed by atoms with van der Waals surface area (Å²) in [5, 5.41) is 9.91. The summed E-state index contributed by atoms with van der Waals surface area (Å²) < 4.78 is 24.7. The zero-order valence-electron chi connectivity index (χ0n) is 22.0. The van der Waals surface area contributed by atoms with E-state index >= 15 is 0 Å². The second kappa shape index (κ2) is 11.4. The molecule has 9 heteroatoms. The van der Waals surface area contributed by atoms with Crippen molar-refractivity contribution < 1.29 is 18.7 Å². The van der Waals surface area contributed by atoms with Crippen molar-refractivity contribution in [2.75, 3.05) is 58.4 Å². The van der Waals surface area contributed by atoms with Crippen LogP contribution in [0.4, 0.5) is 15.9 Å². The number of ether oxygens (including phenoxy) is 2. The molecule has 0 atom stereocenters. The van der Waals surface area contributed by atoms with Gasteiger partial charge in [-0.05, 0) is 37.1 Å². The SMILES string of the molecule is C1CN2CCN1CC2.COC(=O)c1c(N(c2ccc(OC)c(F)c2)C2CCCC2)[nH]c2cc(C#N)ccc12. The third-order valence-electron chi connectivity index (χ3n) is 7.84. The molecule has 0 amide bonds. The minimum absolute atomic E-state index is 0.102. The molecule has 2 bridgehead atoms. The zero-order valence-corrected chi connectivity index (χ0v) is 22.0. The van der Waals surface area contributed by atoms with Gasteiger partial charge in [0.05, 0.1) is 25.9 Å². The van der Waals surface area contributed by atoms with Crippen molar-refractivity contribution in [2.24, 2.45) is 0 Å². The monoisotopic (exact) mass is 519 g/mol. The number of hydrogen-bond donors (Lipinski definition) is 1. The summed E-state index contributed by atoms with van der Waals surface area (Å²) in [7, 11) is 2.76. The number of carbonyl (C=O) groups excluding carboxylic acids is 1. The van der Waals surface area contributed by atoms with Crippen molar-refractivity contribution in [2.45, 2.75) is 31.7 Å². The van der Waals surface area contributed by atoms with Gasteiger partial charge in [-0.15, -0.1) is 0 Å². The van der Waals surface area contributed by atoms with Crippen molar-refractivity contribution in [1.82, 2.24) is 14.8 Å². The average Bonchev–Trinajstić information content (AvgIpc) is 3.62. The number of halogens is 1. The van der Waals surface area contributed by atoms with Crippen LogP contribution in [0.5, 0.6) is 5.75 Å². The Bertz CT molecular complexity index is 1310. The highest BCUT2D eigenvalue weighted by Gasteiger charge is 2.31. The molecule has 0 unspecified atom stereocenters. The average molecular weight is 520 g/mol. The Balaban J connectivity index is 0.000000310. The lowest BCUT2D eigenvalue weighted by Gasteiger charge is -2.41. The Labute approximate surface area is 222 Å². The van der Waals surface area contributed by atoms with Crippen LogP contribution in [-0.2, 0) is 4.74 Å². The largest absolute Gasteiger partial charge is 0.494 e. The molecule has 3 saturated heterocycles. The van der Waals surface area contributed by atoms with Gasteiger partial charge in [0.25, 0.3) is 0 Å². The summed E-state index contributed by atoms with van der Waals surface area (Å²) in [5.41, 5.74) is 2.13. The van der Waals surface area contributed by atoms with Crippen LogP contribution in [0, 0.1) is 17.1 Å². The smallest absolute Gasteiger partial charge is 0.342 e. The quantitative estimate of drug-likeness (QED) is 0.490. The number of methoxy groups -OCH3 is 2.